The number of aromatic nitrogens is 3. The third-order valence-electron chi connectivity index (χ3n) is 4.93. The van der Waals surface area contributed by atoms with Crippen LogP contribution in [0.3, 0.4) is 0 Å². The topological polar surface area (TPSA) is 103 Å². The van der Waals surface area contributed by atoms with Gasteiger partial charge in [0.25, 0.3) is 5.69 Å². The lowest BCUT2D eigenvalue weighted by molar-refractivity contribution is -0.384. The zero-order valence-electron chi connectivity index (χ0n) is 17.9. The van der Waals surface area contributed by atoms with Crippen molar-refractivity contribution in [3.63, 3.8) is 0 Å². The molecule has 1 amide bonds. The highest BCUT2D eigenvalue weighted by Crippen LogP contribution is 2.29. The zero-order valence-corrected chi connectivity index (χ0v) is 18.7. The molecule has 0 saturated heterocycles. The average molecular weight is 478 g/mol. The van der Waals surface area contributed by atoms with Gasteiger partial charge in [-0.3, -0.25) is 19.5 Å². The largest absolute Gasteiger partial charge is 0.352 e. The number of hydrogen-bond donors (Lipinski definition) is 1. The summed E-state index contributed by atoms with van der Waals surface area (Å²) in [6, 6.07) is 21.6. The van der Waals surface area contributed by atoms with Crippen LogP contribution in [-0.2, 0) is 11.3 Å². The van der Waals surface area contributed by atoms with Gasteiger partial charge in [0, 0.05) is 42.1 Å². The fraction of sp³-hybridized carbons (Fsp3) is 0.125. The number of carbonyl (C=O) groups excluding carboxylic acids is 1. The molecule has 0 radical (unpaired) electrons. The van der Waals surface area contributed by atoms with E-state index in [1.807, 2.05) is 34.9 Å². The Morgan fingerprint density at radius 2 is 1.79 bits per heavy atom. The Morgan fingerprint density at radius 1 is 1.03 bits per heavy atom. The van der Waals surface area contributed by atoms with Crippen molar-refractivity contribution < 1.29 is 14.1 Å². The van der Waals surface area contributed by atoms with E-state index in [1.54, 1.807) is 24.3 Å². The Hall–Kier alpha value is -4.05. The molecular weight excluding hydrogens is 457 g/mol. The summed E-state index contributed by atoms with van der Waals surface area (Å²) < 4.78 is 14.8. The molecule has 4 rings (SSSR count). The minimum Gasteiger partial charge on any atom is -0.352 e. The van der Waals surface area contributed by atoms with Crippen molar-refractivity contribution in [3.05, 3.63) is 100 Å². The van der Waals surface area contributed by atoms with Crippen molar-refractivity contribution >= 4 is 23.4 Å². The predicted molar refractivity (Wildman–Crippen MR) is 127 cm³/mol. The number of nitrogens with zero attached hydrogens (tertiary/aromatic N) is 4. The standard InChI is InChI=1S/C24H20FN5O3S/c25-19-11-9-17(10-12-19)16-26-22(31)13-14-34-24-28-27-23(29(24)20-6-2-1-3-7-20)18-5-4-8-21(15-18)30(32)33/h1-12,15H,13-14,16H2,(H,26,31). The van der Waals surface area contributed by atoms with Gasteiger partial charge in [0.05, 0.1) is 4.92 Å². The molecule has 0 unspecified atom stereocenters. The Kier molecular flexibility index (Phi) is 7.28. The Bertz CT molecular complexity index is 1300. The van der Waals surface area contributed by atoms with Crippen LogP contribution in [0.2, 0.25) is 0 Å². The van der Waals surface area contributed by atoms with E-state index in [9.17, 15) is 19.3 Å². The van der Waals surface area contributed by atoms with Crippen molar-refractivity contribution in [2.24, 2.45) is 0 Å². The van der Waals surface area contributed by atoms with Gasteiger partial charge in [-0.15, -0.1) is 10.2 Å². The normalized spacial score (nSPS) is 10.7. The first-order valence-corrected chi connectivity index (χ1v) is 11.4. The molecule has 0 aliphatic heterocycles. The van der Waals surface area contributed by atoms with Crippen LogP contribution < -0.4 is 5.32 Å². The monoisotopic (exact) mass is 477 g/mol. The quantitative estimate of drug-likeness (QED) is 0.211. The van der Waals surface area contributed by atoms with E-state index in [0.29, 0.717) is 28.8 Å². The molecule has 1 N–H and O–H groups in total. The van der Waals surface area contributed by atoms with E-state index >= 15 is 0 Å². The lowest BCUT2D eigenvalue weighted by atomic mass is 10.2. The fourth-order valence-corrected chi connectivity index (χ4v) is 4.13. The van der Waals surface area contributed by atoms with E-state index in [2.05, 4.69) is 15.5 Å². The molecule has 34 heavy (non-hydrogen) atoms. The molecule has 172 valence electrons. The molecule has 0 fully saturated rings. The summed E-state index contributed by atoms with van der Waals surface area (Å²) in [7, 11) is 0. The zero-order chi connectivity index (χ0) is 23.9. The Labute approximate surface area is 199 Å². The van der Waals surface area contributed by atoms with Crippen LogP contribution in [0, 0.1) is 15.9 Å². The first kappa shape index (κ1) is 23.1. The molecular formula is C24H20FN5O3S. The van der Waals surface area contributed by atoms with Gasteiger partial charge < -0.3 is 5.32 Å². The van der Waals surface area contributed by atoms with Crippen molar-refractivity contribution in [1.29, 1.82) is 0 Å². The lowest BCUT2D eigenvalue weighted by Crippen LogP contribution is -2.23. The number of amides is 1. The van der Waals surface area contributed by atoms with Gasteiger partial charge in [0.1, 0.15) is 5.82 Å². The number of nitrogens with one attached hydrogen (secondary N) is 1. The molecule has 3 aromatic carbocycles. The van der Waals surface area contributed by atoms with Crippen LogP contribution in [0.5, 0.6) is 0 Å². The SMILES string of the molecule is O=C(CCSc1nnc(-c2cccc([N+](=O)[O-])c2)n1-c1ccccc1)NCc1ccc(F)cc1. The number of hydrogen-bond acceptors (Lipinski definition) is 6. The van der Waals surface area contributed by atoms with Crippen LogP contribution in [0.1, 0.15) is 12.0 Å². The van der Waals surface area contributed by atoms with Gasteiger partial charge >= 0.3 is 0 Å². The first-order valence-electron chi connectivity index (χ1n) is 10.4. The van der Waals surface area contributed by atoms with Crippen LogP contribution >= 0.6 is 11.8 Å². The fourth-order valence-electron chi connectivity index (χ4n) is 3.25. The Balaban J connectivity index is 1.47. The van der Waals surface area contributed by atoms with Gasteiger partial charge in [-0.25, -0.2) is 4.39 Å². The molecule has 1 aromatic heterocycles. The molecule has 8 nitrogen and oxygen atoms in total. The number of non-ortho nitro benzene ring substituents is 1. The summed E-state index contributed by atoms with van der Waals surface area (Å²) >= 11 is 1.36. The highest BCUT2D eigenvalue weighted by molar-refractivity contribution is 7.99. The predicted octanol–water partition coefficient (Wildman–Crippen LogP) is 4.78. The third-order valence-corrected chi connectivity index (χ3v) is 5.86. The van der Waals surface area contributed by atoms with Crippen LogP contribution in [0.15, 0.2) is 84.0 Å². The second-order valence-electron chi connectivity index (χ2n) is 7.29. The molecule has 10 heteroatoms. The van der Waals surface area contributed by atoms with E-state index in [1.165, 1.54) is 36.0 Å². The maximum absolute atomic E-state index is 13.0. The van der Waals surface area contributed by atoms with Crippen molar-refractivity contribution in [2.45, 2.75) is 18.1 Å². The molecule has 0 atom stereocenters. The van der Waals surface area contributed by atoms with Gasteiger partial charge in [-0.2, -0.15) is 0 Å². The van der Waals surface area contributed by atoms with Crippen LogP contribution in [0.4, 0.5) is 10.1 Å². The van der Waals surface area contributed by atoms with E-state index in [-0.39, 0.29) is 23.8 Å². The maximum Gasteiger partial charge on any atom is 0.270 e. The number of para-hydroxylation sites is 1. The van der Waals surface area contributed by atoms with Gasteiger partial charge in [-0.05, 0) is 29.8 Å². The number of carbonyl (C=O) groups is 1. The summed E-state index contributed by atoms with van der Waals surface area (Å²) in [6.07, 6.45) is 0.250. The summed E-state index contributed by atoms with van der Waals surface area (Å²) in [5, 5.41) is 23.2. The van der Waals surface area contributed by atoms with E-state index < -0.39 is 4.92 Å². The average Bonchev–Trinajstić information content (AvgIpc) is 3.28. The molecule has 0 bridgehead atoms. The van der Waals surface area contributed by atoms with E-state index in [0.717, 1.165) is 11.3 Å². The molecule has 0 saturated carbocycles. The first-order chi connectivity index (χ1) is 16.5. The number of halogens is 1. The summed E-state index contributed by atoms with van der Waals surface area (Å²) in [6.45, 7) is 0.320. The van der Waals surface area contributed by atoms with Crippen LogP contribution in [0.25, 0.3) is 17.1 Å². The van der Waals surface area contributed by atoms with Gasteiger partial charge in [0.2, 0.25) is 5.91 Å². The summed E-state index contributed by atoms with van der Waals surface area (Å²) in [5.74, 6) is 0.466. The van der Waals surface area contributed by atoms with Crippen molar-refractivity contribution in [3.8, 4) is 17.1 Å². The second-order valence-corrected chi connectivity index (χ2v) is 8.35. The highest BCUT2D eigenvalue weighted by atomic mass is 32.2. The summed E-state index contributed by atoms with van der Waals surface area (Å²) in [5.41, 5.74) is 2.15. The number of nitro groups is 1. The van der Waals surface area contributed by atoms with Crippen molar-refractivity contribution in [1.82, 2.24) is 20.1 Å². The molecule has 4 aromatic rings. The minimum absolute atomic E-state index is 0.0351. The smallest absolute Gasteiger partial charge is 0.270 e. The van der Waals surface area contributed by atoms with Crippen LogP contribution in [-0.4, -0.2) is 31.3 Å². The van der Waals surface area contributed by atoms with E-state index in [4.69, 9.17) is 0 Å². The lowest BCUT2D eigenvalue weighted by Gasteiger charge is -2.10. The van der Waals surface area contributed by atoms with Gasteiger partial charge in [0.15, 0.2) is 11.0 Å². The minimum atomic E-state index is -0.451. The highest BCUT2D eigenvalue weighted by Gasteiger charge is 2.18. The second kappa shape index (κ2) is 10.7. The van der Waals surface area contributed by atoms with Gasteiger partial charge in [-0.1, -0.05) is 54.2 Å². The molecule has 0 aliphatic rings. The third kappa shape index (κ3) is 5.65. The Morgan fingerprint density at radius 3 is 2.53 bits per heavy atom. The van der Waals surface area contributed by atoms with Crippen molar-refractivity contribution in [2.75, 3.05) is 5.75 Å². The number of nitro benzene ring substituents is 1. The molecule has 0 aliphatic carbocycles. The molecule has 1 heterocycles. The number of rotatable bonds is 9. The summed E-state index contributed by atoms with van der Waals surface area (Å²) in [4.78, 5) is 23.0. The number of benzene rings is 3. The molecule has 0 spiro atoms. The maximum atomic E-state index is 13.0. The number of thioether (sulfide) groups is 1.